The molecule has 0 spiro atoms. The minimum Gasteiger partial charge on any atom is -0.323 e. The van der Waals surface area contributed by atoms with Gasteiger partial charge >= 0.3 is 6.18 Å². The predicted octanol–water partition coefficient (Wildman–Crippen LogP) is 4.79. The highest BCUT2D eigenvalue weighted by molar-refractivity contribution is 6.42. The van der Waals surface area contributed by atoms with Crippen LogP contribution in [0, 0.1) is 6.92 Å². The fourth-order valence-corrected chi connectivity index (χ4v) is 2.97. The van der Waals surface area contributed by atoms with Crippen molar-refractivity contribution in [1.29, 1.82) is 0 Å². The first-order chi connectivity index (χ1) is 13.6. The fourth-order valence-electron chi connectivity index (χ4n) is 2.65. The maximum atomic E-state index is 12.7. The Morgan fingerprint density at radius 1 is 1.21 bits per heavy atom. The van der Waals surface area contributed by atoms with Gasteiger partial charge in [-0.1, -0.05) is 29.3 Å². The summed E-state index contributed by atoms with van der Waals surface area (Å²) >= 11 is 11.9. The quantitative estimate of drug-likeness (QED) is 0.592. The molecule has 0 fully saturated rings. The molecule has 1 N–H and O–H groups in total. The fraction of sp³-hybridized carbons (Fsp3) is 0.278. The van der Waals surface area contributed by atoms with Gasteiger partial charge in [-0.3, -0.25) is 14.2 Å². The molecule has 6 nitrogen and oxygen atoms in total. The lowest BCUT2D eigenvalue weighted by atomic mass is 10.2. The molecule has 0 aliphatic rings. The third-order valence-electron chi connectivity index (χ3n) is 4.07. The number of aryl methyl sites for hydroxylation is 2. The van der Waals surface area contributed by atoms with E-state index >= 15 is 0 Å². The Hall–Kier alpha value is -2.52. The van der Waals surface area contributed by atoms with Crippen molar-refractivity contribution in [3.8, 4) is 0 Å². The minimum absolute atomic E-state index is 0.0300. The van der Waals surface area contributed by atoms with E-state index in [-0.39, 0.29) is 18.9 Å². The molecule has 2 heterocycles. The molecule has 0 atom stereocenters. The summed E-state index contributed by atoms with van der Waals surface area (Å²) in [5, 5.41) is 11.2. The molecule has 0 saturated heterocycles. The number of hydrogen-bond acceptors (Lipinski definition) is 3. The van der Waals surface area contributed by atoms with Gasteiger partial charge in [-0.05, 0) is 30.7 Å². The summed E-state index contributed by atoms with van der Waals surface area (Å²) in [6.07, 6.45) is -1.42. The highest BCUT2D eigenvalue weighted by Gasteiger charge is 2.34. The van der Waals surface area contributed by atoms with Gasteiger partial charge in [0.2, 0.25) is 5.91 Å². The van der Waals surface area contributed by atoms with Crippen LogP contribution < -0.4 is 5.32 Å². The Morgan fingerprint density at radius 2 is 1.97 bits per heavy atom. The standard InChI is InChI=1S/C18H16Cl2F3N5O/c1-11-6-16(18(21,22)23)26-28(11)5-4-17(29)25-13-8-24-27(10-13)9-12-2-3-14(19)15(20)7-12/h2-3,6-8,10H,4-5,9H2,1H3,(H,25,29). The van der Waals surface area contributed by atoms with E-state index in [1.165, 1.54) is 13.1 Å². The number of nitrogens with one attached hydrogen (secondary N) is 1. The van der Waals surface area contributed by atoms with E-state index < -0.39 is 11.9 Å². The van der Waals surface area contributed by atoms with E-state index in [2.05, 4.69) is 15.5 Å². The molecule has 29 heavy (non-hydrogen) atoms. The highest BCUT2D eigenvalue weighted by atomic mass is 35.5. The molecule has 0 aliphatic heterocycles. The predicted molar refractivity (Wildman–Crippen MR) is 103 cm³/mol. The van der Waals surface area contributed by atoms with Crippen molar-refractivity contribution in [2.45, 2.75) is 32.6 Å². The second-order valence-corrected chi connectivity index (χ2v) is 7.18. The number of amides is 1. The number of halogens is 5. The first kappa shape index (κ1) is 21.2. The van der Waals surface area contributed by atoms with E-state index in [1.807, 2.05) is 6.07 Å². The summed E-state index contributed by atoms with van der Waals surface area (Å²) in [6.45, 7) is 1.97. The average molecular weight is 446 g/mol. The summed E-state index contributed by atoms with van der Waals surface area (Å²) in [6, 6.07) is 6.18. The first-order valence-corrected chi connectivity index (χ1v) is 9.25. The largest absolute Gasteiger partial charge is 0.435 e. The number of benzene rings is 1. The zero-order valence-electron chi connectivity index (χ0n) is 15.2. The van der Waals surface area contributed by atoms with Gasteiger partial charge in [0.25, 0.3) is 0 Å². The van der Waals surface area contributed by atoms with E-state index in [4.69, 9.17) is 23.2 Å². The van der Waals surface area contributed by atoms with Gasteiger partial charge in [0.1, 0.15) is 0 Å². The van der Waals surface area contributed by atoms with Crippen LogP contribution in [0.15, 0.2) is 36.7 Å². The Balaban J connectivity index is 1.55. The lowest BCUT2D eigenvalue weighted by Crippen LogP contribution is -2.16. The highest BCUT2D eigenvalue weighted by Crippen LogP contribution is 2.28. The number of anilines is 1. The number of carbonyl (C=O) groups excluding carboxylic acids is 1. The van der Waals surface area contributed by atoms with Crippen LogP contribution in [0.1, 0.15) is 23.4 Å². The molecule has 2 aromatic heterocycles. The van der Waals surface area contributed by atoms with E-state index in [1.54, 1.807) is 23.0 Å². The second-order valence-electron chi connectivity index (χ2n) is 6.37. The Labute approximate surface area is 174 Å². The van der Waals surface area contributed by atoms with Gasteiger partial charge in [0, 0.05) is 24.9 Å². The maximum absolute atomic E-state index is 12.7. The van der Waals surface area contributed by atoms with E-state index in [0.29, 0.717) is 28.0 Å². The molecular weight excluding hydrogens is 430 g/mol. The maximum Gasteiger partial charge on any atom is 0.435 e. The van der Waals surface area contributed by atoms with Gasteiger partial charge in [0.15, 0.2) is 5.69 Å². The molecule has 154 valence electrons. The number of alkyl halides is 3. The smallest absolute Gasteiger partial charge is 0.323 e. The third-order valence-corrected chi connectivity index (χ3v) is 4.81. The Bertz CT molecular complexity index is 1030. The number of aromatic nitrogens is 4. The number of nitrogens with zero attached hydrogens (tertiary/aromatic N) is 4. The molecule has 3 aromatic rings. The molecule has 0 bridgehead atoms. The molecule has 1 aromatic carbocycles. The SMILES string of the molecule is Cc1cc(C(F)(F)F)nn1CCC(=O)Nc1cnn(Cc2ccc(Cl)c(Cl)c2)c1. The van der Waals surface area contributed by atoms with Gasteiger partial charge < -0.3 is 5.32 Å². The van der Waals surface area contributed by atoms with Crippen LogP contribution in [0.2, 0.25) is 10.0 Å². The van der Waals surface area contributed by atoms with Crippen LogP contribution in [0.25, 0.3) is 0 Å². The van der Waals surface area contributed by atoms with Crippen molar-refractivity contribution in [3.05, 3.63) is 63.7 Å². The van der Waals surface area contributed by atoms with Crippen LogP contribution in [0.5, 0.6) is 0 Å². The monoisotopic (exact) mass is 445 g/mol. The normalized spacial score (nSPS) is 11.7. The zero-order chi connectivity index (χ0) is 21.2. The van der Waals surface area contributed by atoms with Gasteiger partial charge in [-0.25, -0.2) is 0 Å². The average Bonchev–Trinajstić information content (AvgIpc) is 3.22. The van der Waals surface area contributed by atoms with Gasteiger partial charge in [0.05, 0.1) is 28.5 Å². The van der Waals surface area contributed by atoms with E-state index in [9.17, 15) is 18.0 Å². The van der Waals surface area contributed by atoms with Crippen molar-refractivity contribution in [2.24, 2.45) is 0 Å². The van der Waals surface area contributed by atoms with Crippen molar-refractivity contribution >= 4 is 34.8 Å². The number of hydrogen-bond donors (Lipinski definition) is 1. The van der Waals surface area contributed by atoms with Crippen molar-refractivity contribution in [1.82, 2.24) is 19.6 Å². The lowest BCUT2D eigenvalue weighted by molar-refractivity contribution is -0.141. The summed E-state index contributed by atoms with van der Waals surface area (Å²) < 4.78 is 40.8. The second kappa shape index (κ2) is 8.46. The topological polar surface area (TPSA) is 64.7 Å². The summed E-state index contributed by atoms with van der Waals surface area (Å²) in [5.41, 5.74) is 0.719. The summed E-state index contributed by atoms with van der Waals surface area (Å²) in [5.74, 6) is -0.359. The van der Waals surface area contributed by atoms with Crippen LogP contribution in [0.4, 0.5) is 18.9 Å². The molecule has 11 heteroatoms. The zero-order valence-corrected chi connectivity index (χ0v) is 16.7. The van der Waals surface area contributed by atoms with Crippen molar-refractivity contribution in [2.75, 3.05) is 5.32 Å². The first-order valence-electron chi connectivity index (χ1n) is 8.49. The molecule has 1 amide bonds. The molecule has 0 aliphatic carbocycles. The lowest BCUT2D eigenvalue weighted by Gasteiger charge is -2.06. The molecule has 0 radical (unpaired) electrons. The Morgan fingerprint density at radius 3 is 2.62 bits per heavy atom. The Kier molecular flexibility index (Phi) is 6.18. The number of carbonyl (C=O) groups is 1. The molecule has 3 rings (SSSR count). The van der Waals surface area contributed by atoms with Crippen LogP contribution >= 0.6 is 23.2 Å². The van der Waals surface area contributed by atoms with Crippen LogP contribution in [-0.2, 0) is 24.1 Å². The molecule has 0 saturated carbocycles. The van der Waals surface area contributed by atoms with Crippen LogP contribution in [0.3, 0.4) is 0 Å². The summed E-state index contributed by atoms with van der Waals surface area (Å²) in [7, 11) is 0. The molecule has 0 unspecified atom stereocenters. The van der Waals surface area contributed by atoms with Gasteiger partial charge in [-0.2, -0.15) is 23.4 Å². The van der Waals surface area contributed by atoms with Crippen molar-refractivity contribution in [3.63, 3.8) is 0 Å². The summed E-state index contributed by atoms with van der Waals surface area (Å²) in [4.78, 5) is 12.1. The van der Waals surface area contributed by atoms with Gasteiger partial charge in [-0.15, -0.1) is 0 Å². The van der Waals surface area contributed by atoms with Crippen LogP contribution in [-0.4, -0.2) is 25.5 Å². The third kappa shape index (κ3) is 5.51. The molecular formula is C18H16Cl2F3N5O. The van der Waals surface area contributed by atoms with Crippen molar-refractivity contribution < 1.29 is 18.0 Å². The van der Waals surface area contributed by atoms with E-state index in [0.717, 1.165) is 16.3 Å². The minimum atomic E-state index is -4.51. The number of rotatable bonds is 6.